The Morgan fingerprint density at radius 2 is 2.07 bits per heavy atom. The maximum absolute atomic E-state index is 12.9. The molecule has 154 valence electrons. The number of aryl methyl sites for hydroxylation is 1. The lowest BCUT2D eigenvalue weighted by molar-refractivity contribution is 0.101. The summed E-state index contributed by atoms with van der Waals surface area (Å²) < 4.78 is 17.8. The number of anilines is 1. The van der Waals surface area contributed by atoms with Crippen molar-refractivity contribution in [3.05, 3.63) is 36.0 Å². The van der Waals surface area contributed by atoms with Gasteiger partial charge in [-0.05, 0) is 32.4 Å². The number of hydrogen-bond acceptors (Lipinski definition) is 7. The summed E-state index contributed by atoms with van der Waals surface area (Å²) in [6.45, 7) is 5.09. The third kappa shape index (κ3) is 5.20. The molecule has 0 atom stereocenters. The van der Waals surface area contributed by atoms with Gasteiger partial charge in [0.25, 0.3) is 5.91 Å². The van der Waals surface area contributed by atoms with Crippen LogP contribution >= 0.6 is 0 Å². The smallest absolute Gasteiger partial charge is 0.262 e. The minimum Gasteiger partial charge on any atom is -0.481 e. The van der Waals surface area contributed by atoms with Crippen LogP contribution in [-0.4, -0.2) is 52.6 Å². The molecule has 0 spiro atoms. The number of ether oxygens (including phenoxy) is 3. The summed E-state index contributed by atoms with van der Waals surface area (Å²) in [7, 11) is 3.18. The Balaban J connectivity index is 1.91. The molecule has 0 aliphatic carbocycles. The average molecular weight is 399 g/mol. The molecule has 3 heterocycles. The van der Waals surface area contributed by atoms with Crippen LogP contribution in [0.15, 0.2) is 30.5 Å². The van der Waals surface area contributed by atoms with Crippen LogP contribution in [0.25, 0.3) is 11.0 Å². The Labute approximate surface area is 169 Å². The zero-order chi connectivity index (χ0) is 20.8. The van der Waals surface area contributed by atoms with Gasteiger partial charge in [-0.1, -0.05) is 6.07 Å². The van der Waals surface area contributed by atoms with Crippen molar-refractivity contribution < 1.29 is 19.0 Å². The fraction of sp³-hybridized carbons (Fsp3) is 0.400. The molecular formula is C20H25N5O4. The predicted octanol–water partition coefficient (Wildman–Crippen LogP) is 2.91. The number of methoxy groups -OCH3 is 2. The number of nitrogens with zero attached hydrogens (tertiary/aromatic N) is 4. The Bertz CT molecular complexity index is 986. The van der Waals surface area contributed by atoms with E-state index in [0.717, 1.165) is 11.8 Å². The van der Waals surface area contributed by atoms with Crippen molar-refractivity contribution in [3.63, 3.8) is 0 Å². The van der Waals surface area contributed by atoms with Gasteiger partial charge >= 0.3 is 0 Å². The SMILES string of the molecule is COCCCn1cc2cc(C(=O)Nc3cccc(OC)n3)c(OC(C)C)nc2n1. The normalized spacial score (nSPS) is 11.1. The summed E-state index contributed by atoms with van der Waals surface area (Å²) in [6.07, 6.45) is 2.54. The summed E-state index contributed by atoms with van der Waals surface area (Å²) in [5.41, 5.74) is 0.835. The molecule has 1 N–H and O–H groups in total. The Morgan fingerprint density at radius 3 is 2.79 bits per heavy atom. The molecule has 0 saturated carbocycles. The monoisotopic (exact) mass is 399 g/mol. The lowest BCUT2D eigenvalue weighted by Crippen LogP contribution is -2.17. The van der Waals surface area contributed by atoms with E-state index in [0.29, 0.717) is 36.1 Å². The number of fused-ring (bicyclic) bond motifs is 1. The van der Waals surface area contributed by atoms with Crippen LogP contribution in [0.1, 0.15) is 30.6 Å². The van der Waals surface area contributed by atoms with Gasteiger partial charge in [0.15, 0.2) is 5.65 Å². The molecule has 0 aliphatic rings. The fourth-order valence-corrected chi connectivity index (χ4v) is 2.73. The largest absolute Gasteiger partial charge is 0.481 e. The summed E-state index contributed by atoms with van der Waals surface area (Å²) in [5.74, 6) is 0.644. The van der Waals surface area contributed by atoms with Gasteiger partial charge in [-0.3, -0.25) is 9.48 Å². The van der Waals surface area contributed by atoms with E-state index in [4.69, 9.17) is 14.2 Å². The van der Waals surface area contributed by atoms with E-state index in [1.807, 2.05) is 20.0 Å². The van der Waals surface area contributed by atoms with Crippen LogP contribution in [0.4, 0.5) is 5.82 Å². The summed E-state index contributed by atoms with van der Waals surface area (Å²) in [5, 5.41) is 7.99. The van der Waals surface area contributed by atoms with Crippen molar-refractivity contribution in [2.75, 3.05) is 26.1 Å². The van der Waals surface area contributed by atoms with Crippen LogP contribution in [0.3, 0.4) is 0 Å². The summed E-state index contributed by atoms with van der Waals surface area (Å²) in [6, 6.07) is 6.87. The summed E-state index contributed by atoms with van der Waals surface area (Å²) >= 11 is 0. The maximum atomic E-state index is 12.9. The number of nitrogens with one attached hydrogen (secondary N) is 1. The number of carbonyl (C=O) groups is 1. The Morgan fingerprint density at radius 1 is 1.24 bits per heavy atom. The molecule has 0 bridgehead atoms. The van der Waals surface area contributed by atoms with Crippen molar-refractivity contribution in [2.45, 2.75) is 32.9 Å². The zero-order valence-corrected chi connectivity index (χ0v) is 17.0. The van der Waals surface area contributed by atoms with E-state index in [9.17, 15) is 4.79 Å². The highest BCUT2D eigenvalue weighted by Gasteiger charge is 2.19. The van der Waals surface area contributed by atoms with Gasteiger partial charge in [0.05, 0.1) is 13.2 Å². The average Bonchev–Trinajstić information content (AvgIpc) is 3.08. The molecule has 9 heteroatoms. The van der Waals surface area contributed by atoms with Gasteiger partial charge in [-0.25, -0.2) is 0 Å². The minimum atomic E-state index is -0.372. The fourth-order valence-electron chi connectivity index (χ4n) is 2.73. The van der Waals surface area contributed by atoms with Crippen molar-refractivity contribution >= 4 is 22.8 Å². The molecule has 0 saturated heterocycles. The highest BCUT2D eigenvalue weighted by Crippen LogP contribution is 2.24. The number of aromatic nitrogens is 4. The Kier molecular flexibility index (Phi) is 6.61. The van der Waals surface area contributed by atoms with Crippen molar-refractivity contribution in [1.82, 2.24) is 19.7 Å². The standard InChI is InChI=1S/C20H25N5O4/c1-13(2)29-20-15(19(26)22-16-7-5-8-17(21-16)28-4)11-14-12-25(9-6-10-27-3)24-18(14)23-20/h5,7-8,11-13H,6,9-10H2,1-4H3,(H,21,22,26). The third-order valence-electron chi connectivity index (χ3n) is 4.01. The zero-order valence-electron chi connectivity index (χ0n) is 17.0. The number of rotatable bonds is 9. The molecule has 0 radical (unpaired) electrons. The molecule has 0 aromatic carbocycles. The molecule has 9 nitrogen and oxygen atoms in total. The van der Waals surface area contributed by atoms with Gasteiger partial charge < -0.3 is 19.5 Å². The van der Waals surface area contributed by atoms with Gasteiger partial charge in [-0.2, -0.15) is 15.1 Å². The van der Waals surface area contributed by atoms with E-state index < -0.39 is 0 Å². The lowest BCUT2D eigenvalue weighted by atomic mass is 10.2. The molecule has 1 amide bonds. The number of pyridine rings is 2. The molecule has 3 aromatic heterocycles. The molecule has 0 unspecified atom stereocenters. The van der Waals surface area contributed by atoms with Crippen molar-refractivity contribution in [3.8, 4) is 11.8 Å². The van der Waals surface area contributed by atoms with Crippen molar-refractivity contribution in [2.24, 2.45) is 0 Å². The molecule has 29 heavy (non-hydrogen) atoms. The number of carbonyl (C=O) groups excluding carboxylic acids is 1. The van der Waals surface area contributed by atoms with Gasteiger partial charge in [0.1, 0.15) is 11.4 Å². The molecule has 0 aliphatic heterocycles. The lowest BCUT2D eigenvalue weighted by Gasteiger charge is -2.13. The highest BCUT2D eigenvalue weighted by molar-refractivity contribution is 6.07. The second-order valence-corrected chi connectivity index (χ2v) is 6.68. The van der Waals surface area contributed by atoms with Crippen LogP contribution in [-0.2, 0) is 11.3 Å². The maximum Gasteiger partial charge on any atom is 0.262 e. The quantitative estimate of drug-likeness (QED) is 0.552. The topological polar surface area (TPSA) is 100 Å². The molecule has 3 aromatic rings. The van der Waals surface area contributed by atoms with E-state index in [1.54, 1.807) is 36.1 Å². The van der Waals surface area contributed by atoms with E-state index >= 15 is 0 Å². The highest BCUT2D eigenvalue weighted by atomic mass is 16.5. The van der Waals surface area contributed by atoms with E-state index in [-0.39, 0.29) is 17.9 Å². The third-order valence-corrected chi connectivity index (χ3v) is 4.01. The van der Waals surface area contributed by atoms with Crippen LogP contribution in [0, 0.1) is 0 Å². The predicted molar refractivity (Wildman–Crippen MR) is 109 cm³/mol. The van der Waals surface area contributed by atoms with Gasteiger partial charge in [0, 0.05) is 37.9 Å². The molecular weight excluding hydrogens is 374 g/mol. The first-order valence-electron chi connectivity index (χ1n) is 9.36. The summed E-state index contributed by atoms with van der Waals surface area (Å²) in [4.78, 5) is 21.6. The van der Waals surface area contributed by atoms with Crippen molar-refractivity contribution in [1.29, 1.82) is 0 Å². The van der Waals surface area contributed by atoms with E-state index in [2.05, 4.69) is 20.4 Å². The van der Waals surface area contributed by atoms with Gasteiger partial charge in [0.2, 0.25) is 11.8 Å². The molecule has 3 rings (SSSR count). The van der Waals surface area contributed by atoms with Crippen LogP contribution in [0.2, 0.25) is 0 Å². The minimum absolute atomic E-state index is 0.148. The molecule has 0 fully saturated rings. The van der Waals surface area contributed by atoms with Gasteiger partial charge in [-0.15, -0.1) is 0 Å². The van der Waals surface area contributed by atoms with Crippen LogP contribution < -0.4 is 14.8 Å². The second-order valence-electron chi connectivity index (χ2n) is 6.68. The Hall–Kier alpha value is -3.20. The number of amides is 1. The first kappa shape index (κ1) is 20.5. The second kappa shape index (κ2) is 9.33. The first-order valence-corrected chi connectivity index (χ1v) is 9.36. The first-order chi connectivity index (χ1) is 14.0. The number of hydrogen-bond donors (Lipinski definition) is 1. The van der Waals surface area contributed by atoms with Crippen LogP contribution in [0.5, 0.6) is 11.8 Å². The van der Waals surface area contributed by atoms with E-state index in [1.165, 1.54) is 7.11 Å².